The second-order valence-electron chi connectivity index (χ2n) is 7.46. The minimum absolute atomic E-state index is 0.0575. The van der Waals surface area contributed by atoms with Gasteiger partial charge < -0.3 is 24.4 Å². The first-order valence-electron chi connectivity index (χ1n) is 8.81. The van der Waals surface area contributed by atoms with Crippen LogP contribution in [0.15, 0.2) is 36.4 Å². The fourth-order valence-electron chi connectivity index (χ4n) is 5.33. The third kappa shape index (κ3) is 1.54. The number of phenolic OH excluding ortho intramolecular Hbond substituents is 2. The Kier molecular flexibility index (Phi) is 2.50. The molecule has 0 radical (unpaired) electrons. The molecule has 0 saturated carbocycles. The monoisotopic (exact) mass is 352 g/mol. The van der Waals surface area contributed by atoms with Crippen LogP contribution in [-0.4, -0.2) is 28.4 Å². The minimum atomic E-state index is -1.02. The van der Waals surface area contributed by atoms with Crippen LogP contribution in [0.4, 0.5) is 0 Å². The summed E-state index contributed by atoms with van der Waals surface area (Å²) in [5.41, 5.74) is 0.405. The summed E-state index contributed by atoms with van der Waals surface area (Å²) in [4.78, 5) is 12.8. The van der Waals surface area contributed by atoms with Crippen molar-refractivity contribution in [2.24, 2.45) is 11.8 Å². The van der Waals surface area contributed by atoms with Crippen LogP contribution < -0.4 is 4.74 Å². The zero-order valence-electron chi connectivity index (χ0n) is 13.7. The number of hydrogen-bond acceptors (Lipinski definition) is 6. The molecule has 2 N–H and O–H groups in total. The summed E-state index contributed by atoms with van der Waals surface area (Å²) >= 11 is 0. The number of fused-ring (bicyclic) bond motifs is 10. The summed E-state index contributed by atoms with van der Waals surface area (Å²) < 4.78 is 18.1. The van der Waals surface area contributed by atoms with Crippen LogP contribution in [-0.2, 0) is 19.9 Å². The lowest BCUT2D eigenvalue weighted by molar-refractivity contribution is -0.153. The average molecular weight is 352 g/mol. The summed E-state index contributed by atoms with van der Waals surface area (Å²) in [6.07, 6.45) is 1.61. The summed E-state index contributed by atoms with van der Waals surface area (Å²) in [6, 6.07) is 9.68. The Hall–Kier alpha value is -2.73. The van der Waals surface area contributed by atoms with Crippen molar-refractivity contribution >= 4 is 5.97 Å². The van der Waals surface area contributed by atoms with Gasteiger partial charge in [0.2, 0.25) is 0 Å². The van der Waals surface area contributed by atoms with Gasteiger partial charge in [-0.2, -0.15) is 0 Å². The summed E-state index contributed by atoms with van der Waals surface area (Å²) in [5.74, 6) is 0.292. The topological polar surface area (TPSA) is 85.2 Å². The molecule has 2 aromatic rings. The van der Waals surface area contributed by atoms with Crippen molar-refractivity contribution in [3.8, 4) is 23.0 Å². The lowest BCUT2D eigenvalue weighted by atomic mass is 9.66. The van der Waals surface area contributed by atoms with Gasteiger partial charge in [0, 0.05) is 29.2 Å². The standard InChI is InChI=1S/C20H16O6/c21-9-1-3-11-15(7-9)25-16-8-10(22)2-4-12(16)20(11)18-14-6-5-13(24-14)17(18)19(23)26-20/h1-4,7-8,13-14,17-18,21-22H,5-6H2/t13-,14+,17-,18+/m0/s1. The molecule has 2 bridgehead atoms. The molecule has 3 fully saturated rings. The molecule has 3 saturated heterocycles. The predicted octanol–water partition coefficient (Wildman–Crippen LogP) is 2.80. The van der Waals surface area contributed by atoms with Crippen molar-refractivity contribution in [1.29, 1.82) is 0 Å². The first-order valence-corrected chi connectivity index (χ1v) is 8.81. The molecule has 6 heteroatoms. The molecule has 6 nitrogen and oxygen atoms in total. The van der Waals surface area contributed by atoms with E-state index in [9.17, 15) is 15.0 Å². The van der Waals surface area contributed by atoms with E-state index in [1.54, 1.807) is 24.3 Å². The second kappa shape index (κ2) is 4.51. The zero-order chi connectivity index (χ0) is 17.6. The fourth-order valence-corrected chi connectivity index (χ4v) is 5.33. The number of hydrogen-bond donors (Lipinski definition) is 2. The predicted molar refractivity (Wildman–Crippen MR) is 88.0 cm³/mol. The van der Waals surface area contributed by atoms with Gasteiger partial charge in [-0.15, -0.1) is 0 Å². The smallest absolute Gasteiger partial charge is 0.313 e. The summed E-state index contributed by atoms with van der Waals surface area (Å²) in [5, 5.41) is 19.8. The number of rotatable bonds is 0. The Morgan fingerprint density at radius 1 is 0.923 bits per heavy atom. The highest BCUT2D eigenvalue weighted by molar-refractivity contribution is 5.81. The maximum atomic E-state index is 12.8. The van der Waals surface area contributed by atoms with E-state index in [1.165, 1.54) is 12.1 Å². The molecule has 0 unspecified atom stereocenters. The normalized spacial score (nSPS) is 31.9. The third-order valence-corrected chi connectivity index (χ3v) is 6.23. The Bertz CT molecular complexity index is 915. The average Bonchev–Trinajstić information content (AvgIpc) is 3.28. The van der Waals surface area contributed by atoms with Crippen LogP contribution >= 0.6 is 0 Å². The van der Waals surface area contributed by atoms with Crippen molar-refractivity contribution < 1.29 is 29.2 Å². The summed E-state index contributed by atoms with van der Waals surface area (Å²) in [7, 11) is 0. The Balaban J connectivity index is 1.66. The second-order valence-corrected chi connectivity index (χ2v) is 7.46. The van der Waals surface area contributed by atoms with Crippen molar-refractivity contribution in [2.75, 3.05) is 0 Å². The van der Waals surface area contributed by atoms with Gasteiger partial charge in [0.05, 0.1) is 18.1 Å². The van der Waals surface area contributed by atoms with Crippen molar-refractivity contribution in [2.45, 2.75) is 30.7 Å². The SMILES string of the molecule is O=C1OC2(c3ccc(O)cc3Oc3cc(O)ccc32)[C@H]2[C@@H]1[C@@H]1CC[C@H]2O1. The van der Waals surface area contributed by atoms with Gasteiger partial charge >= 0.3 is 5.97 Å². The van der Waals surface area contributed by atoms with Gasteiger partial charge in [-0.3, -0.25) is 4.79 Å². The molecular formula is C20H16O6. The molecule has 4 aliphatic heterocycles. The van der Waals surface area contributed by atoms with Crippen LogP contribution in [0.1, 0.15) is 24.0 Å². The van der Waals surface area contributed by atoms with Crippen molar-refractivity contribution in [3.63, 3.8) is 0 Å². The molecule has 2 aromatic carbocycles. The van der Waals surface area contributed by atoms with Gasteiger partial charge in [-0.05, 0) is 37.1 Å². The van der Waals surface area contributed by atoms with E-state index in [2.05, 4.69) is 0 Å². The quantitative estimate of drug-likeness (QED) is 0.709. The maximum Gasteiger partial charge on any atom is 0.313 e. The minimum Gasteiger partial charge on any atom is -0.508 e. The fraction of sp³-hybridized carbons (Fsp3) is 0.350. The molecule has 0 aliphatic carbocycles. The number of benzene rings is 2. The van der Waals surface area contributed by atoms with Gasteiger partial charge in [0.1, 0.15) is 23.0 Å². The van der Waals surface area contributed by atoms with Gasteiger partial charge in [-0.25, -0.2) is 0 Å². The van der Waals surface area contributed by atoms with E-state index in [0.29, 0.717) is 22.6 Å². The number of aromatic hydroxyl groups is 2. The van der Waals surface area contributed by atoms with Crippen LogP contribution in [0.5, 0.6) is 23.0 Å². The number of ether oxygens (including phenoxy) is 3. The number of esters is 1. The summed E-state index contributed by atoms with van der Waals surface area (Å²) in [6.45, 7) is 0. The molecule has 4 aliphatic rings. The van der Waals surface area contributed by atoms with Crippen LogP contribution in [0.3, 0.4) is 0 Å². The Morgan fingerprint density at radius 3 is 2.19 bits per heavy atom. The largest absolute Gasteiger partial charge is 0.508 e. The molecule has 0 aromatic heterocycles. The van der Waals surface area contributed by atoms with Crippen molar-refractivity contribution in [1.82, 2.24) is 0 Å². The number of phenols is 2. The highest BCUT2D eigenvalue weighted by Gasteiger charge is 2.70. The lowest BCUT2D eigenvalue weighted by Gasteiger charge is -2.41. The van der Waals surface area contributed by atoms with E-state index in [4.69, 9.17) is 14.2 Å². The van der Waals surface area contributed by atoms with E-state index in [-0.39, 0.29) is 41.5 Å². The Morgan fingerprint density at radius 2 is 1.54 bits per heavy atom. The van der Waals surface area contributed by atoms with E-state index in [1.807, 2.05) is 0 Å². The van der Waals surface area contributed by atoms with E-state index in [0.717, 1.165) is 12.8 Å². The molecule has 4 heterocycles. The van der Waals surface area contributed by atoms with E-state index < -0.39 is 5.60 Å². The first-order chi connectivity index (χ1) is 12.6. The number of carbonyl (C=O) groups excluding carboxylic acids is 1. The van der Waals surface area contributed by atoms with Gasteiger partial charge in [-0.1, -0.05) is 0 Å². The molecule has 26 heavy (non-hydrogen) atoms. The molecule has 4 atom stereocenters. The first kappa shape index (κ1) is 14.4. The zero-order valence-corrected chi connectivity index (χ0v) is 13.7. The van der Waals surface area contributed by atoms with Crippen LogP contribution in [0.25, 0.3) is 0 Å². The highest BCUT2D eigenvalue weighted by atomic mass is 16.6. The van der Waals surface area contributed by atoms with Gasteiger partial charge in [0.15, 0.2) is 5.60 Å². The number of carbonyl (C=O) groups is 1. The van der Waals surface area contributed by atoms with Crippen molar-refractivity contribution in [3.05, 3.63) is 47.5 Å². The van der Waals surface area contributed by atoms with Crippen LogP contribution in [0.2, 0.25) is 0 Å². The van der Waals surface area contributed by atoms with E-state index >= 15 is 0 Å². The highest BCUT2D eigenvalue weighted by Crippen LogP contribution is 2.64. The maximum absolute atomic E-state index is 12.8. The molecule has 1 spiro atoms. The van der Waals surface area contributed by atoms with Crippen LogP contribution in [0, 0.1) is 11.8 Å². The molecule has 0 amide bonds. The third-order valence-electron chi connectivity index (χ3n) is 6.23. The molecular weight excluding hydrogens is 336 g/mol. The lowest BCUT2D eigenvalue weighted by Crippen LogP contribution is -2.42. The van der Waals surface area contributed by atoms with Gasteiger partial charge in [0.25, 0.3) is 0 Å². The Labute approximate surface area is 148 Å². The molecule has 132 valence electrons. The molecule has 6 rings (SSSR count).